The van der Waals surface area contributed by atoms with Gasteiger partial charge < -0.3 is 0 Å². The van der Waals surface area contributed by atoms with Gasteiger partial charge in [0.15, 0.2) is 0 Å². The van der Waals surface area contributed by atoms with Gasteiger partial charge in [-0.25, -0.2) is 0 Å². The van der Waals surface area contributed by atoms with Gasteiger partial charge in [-0.3, -0.25) is 0 Å². The van der Waals surface area contributed by atoms with E-state index < -0.39 is 0 Å². The first-order valence-corrected chi connectivity index (χ1v) is 3.90. The zero-order chi connectivity index (χ0) is 7.84. The normalized spacial score (nSPS) is 9.83. The molecule has 0 fully saturated rings. The van der Waals surface area contributed by atoms with E-state index in [0.717, 1.165) is 0 Å². The van der Waals surface area contributed by atoms with E-state index in [1.54, 1.807) is 0 Å². The van der Waals surface area contributed by atoms with Gasteiger partial charge in [0.1, 0.15) is 0 Å². The van der Waals surface area contributed by atoms with Crippen LogP contribution < -0.4 is 18.9 Å². The molecule has 0 heterocycles. The minimum atomic E-state index is 0. The summed E-state index contributed by atoms with van der Waals surface area (Å²) in [5.41, 5.74) is 2.73. The quantitative estimate of drug-likeness (QED) is 0.371. The first-order chi connectivity index (χ1) is 5.27. The average Bonchev–Trinajstić information content (AvgIpc) is 2.34. The van der Waals surface area contributed by atoms with E-state index in [-0.39, 0.29) is 18.9 Å². The summed E-state index contributed by atoms with van der Waals surface area (Å²) in [5.74, 6) is 0. The van der Waals surface area contributed by atoms with Crippen molar-refractivity contribution in [1.82, 2.24) is 0 Å². The number of rotatable bonds is 0. The number of benzene rings is 1. The van der Waals surface area contributed by atoms with Crippen LogP contribution in [0.5, 0.6) is 0 Å². The zero-order valence-electron chi connectivity index (χ0n) is 7.89. The molecule has 0 bridgehead atoms. The standard InChI is InChI=1S/C11H11.Li/c1-8-6-9(2)11-5-3-4-10(11)7-8;/h3-7H,1-2H3;/q-1;+1. The van der Waals surface area contributed by atoms with Crippen molar-refractivity contribution in [2.75, 3.05) is 0 Å². The molecule has 0 aliphatic rings. The monoisotopic (exact) mass is 150 g/mol. The Kier molecular flexibility index (Phi) is 2.72. The molecule has 0 aliphatic heterocycles. The smallest absolute Gasteiger partial charge is 0.168 e. The minimum Gasteiger partial charge on any atom is -0.168 e. The van der Waals surface area contributed by atoms with Gasteiger partial charge in [0, 0.05) is 0 Å². The molecule has 0 amide bonds. The summed E-state index contributed by atoms with van der Waals surface area (Å²) in [7, 11) is 0. The van der Waals surface area contributed by atoms with Crippen molar-refractivity contribution in [3.05, 3.63) is 41.5 Å². The third-order valence-corrected chi connectivity index (χ3v) is 2.10. The molecule has 0 nitrogen and oxygen atoms in total. The van der Waals surface area contributed by atoms with Gasteiger partial charge in [0.2, 0.25) is 0 Å². The first-order valence-electron chi connectivity index (χ1n) is 3.90. The van der Waals surface area contributed by atoms with Crippen molar-refractivity contribution in [1.29, 1.82) is 0 Å². The van der Waals surface area contributed by atoms with Crippen LogP contribution in [-0.4, -0.2) is 0 Å². The summed E-state index contributed by atoms with van der Waals surface area (Å²) in [6.07, 6.45) is 0. The summed E-state index contributed by atoms with van der Waals surface area (Å²) in [4.78, 5) is 0. The number of hydrogen-bond donors (Lipinski definition) is 0. The van der Waals surface area contributed by atoms with E-state index in [1.807, 2.05) is 0 Å². The van der Waals surface area contributed by atoms with Gasteiger partial charge in [-0.1, -0.05) is 17.2 Å². The second kappa shape index (κ2) is 3.43. The summed E-state index contributed by atoms with van der Waals surface area (Å²) in [6.45, 7) is 4.30. The molecule has 0 aromatic heterocycles. The Balaban J connectivity index is 0.000000720. The maximum absolute atomic E-state index is 2.22. The van der Waals surface area contributed by atoms with E-state index in [2.05, 4.69) is 44.2 Å². The second-order valence-electron chi connectivity index (χ2n) is 3.11. The van der Waals surface area contributed by atoms with E-state index in [1.165, 1.54) is 21.9 Å². The number of aryl methyl sites for hydroxylation is 2. The van der Waals surface area contributed by atoms with Crippen LogP contribution in [0, 0.1) is 13.8 Å². The first kappa shape index (κ1) is 9.51. The van der Waals surface area contributed by atoms with Crippen molar-refractivity contribution in [2.45, 2.75) is 13.8 Å². The molecule has 1 heteroatoms. The molecule has 0 saturated carbocycles. The van der Waals surface area contributed by atoms with Crippen molar-refractivity contribution < 1.29 is 18.9 Å². The van der Waals surface area contributed by atoms with Crippen molar-refractivity contribution in [3.8, 4) is 0 Å². The van der Waals surface area contributed by atoms with Crippen LogP contribution in [0.4, 0.5) is 0 Å². The Hall–Kier alpha value is -0.573. The zero-order valence-corrected chi connectivity index (χ0v) is 7.89. The van der Waals surface area contributed by atoms with Crippen LogP contribution in [0.1, 0.15) is 11.1 Å². The molecule has 0 spiro atoms. The largest absolute Gasteiger partial charge is 1.00 e. The van der Waals surface area contributed by atoms with Crippen molar-refractivity contribution in [3.63, 3.8) is 0 Å². The summed E-state index contributed by atoms with van der Waals surface area (Å²) < 4.78 is 0. The van der Waals surface area contributed by atoms with Crippen molar-refractivity contribution >= 4 is 10.8 Å². The third kappa shape index (κ3) is 1.46. The minimum absolute atomic E-state index is 0. The fourth-order valence-corrected chi connectivity index (χ4v) is 1.63. The topological polar surface area (TPSA) is 0 Å². The third-order valence-electron chi connectivity index (χ3n) is 2.10. The van der Waals surface area contributed by atoms with E-state index in [0.29, 0.717) is 0 Å². The number of hydrogen-bond acceptors (Lipinski definition) is 0. The maximum Gasteiger partial charge on any atom is 1.00 e. The Morgan fingerprint density at radius 1 is 1.17 bits per heavy atom. The van der Waals surface area contributed by atoms with Gasteiger partial charge in [-0.15, -0.1) is 22.9 Å². The predicted molar refractivity (Wildman–Crippen MR) is 49.0 cm³/mol. The molecule has 2 rings (SSSR count). The van der Waals surface area contributed by atoms with Crippen LogP contribution in [-0.2, 0) is 0 Å². The Morgan fingerprint density at radius 2 is 1.92 bits per heavy atom. The summed E-state index contributed by atoms with van der Waals surface area (Å²) in [5, 5.41) is 2.75. The van der Waals surface area contributed by atoms with Gasteiger partial charge in [0.05, 0.1) is 0 Å². The Labute approximate surface area is 85.1 Å². The molecular weight excluding hydrogens is 139 g/mol. The molecular formula is C11H11Li. The second-order valence-corrected chi connectivity index (χ2v) is 3.11. The van der Waals surface area contributed by atoms with E-state index >= 15 is 0 Å². The van der Waals surface area contributed by atoms with Crippen LogP contribution in [0.3, 0.4) is 0 Å². The van der Waals surface area contributed by atoms with Gasteiger partial charge >= 0.3 is 18.9 Å². The Bertz CT molecular complexity index is 385. The van der Waals surface area contributed by atoms with Crippen LogP contribution >= 0.6 is 0 Å². The molecule has 56 valence electrons. The summed E-state index contributed by atoms with van der Waals surface area (Å²) >= 11 is 0. The molecule has 0 unspecified atom stereocenters. The predicted octanol–water partition coefficient (Wildman–Crippen LogP) is 0.180. The van der Waals surface area contributed by atoms with Gasteiger partial charge in [-0.2, -0.15) is 12.1 Å². The van der Waals surface area contributed by atoms with Gasteiger partial charge in [-0.05, 0) is 13.8 Å². The molecule has 12 heavy (non-hydrogen) atoms. The fraction of sp³-hybridized carbons (Fsp3) is 0.182. The molecule has 0 radical (unpaired) electrons. The van der Waals surface area contributed by atoms with Gasteiger partial charge in [0.25, 0.3) is 0 Å². The van der Waals surface area contributed by atoms with E-state index in [9.17, 15) is 0 Å². The molecule has 0 aliphatic carbocycles. The Morgan fingerprint density at radius 3 is 2.67 bits per heavy atom. The molecule has 0 saturated heterocycles. The van der Waals surface area contributed by atoms with E-state index in [4.69, 9.17) is 0 Å². The van der Waals surface area contributed by atoms with Crippen LogP contribution in [0.15, 0.2) is 30.3 Å². The molecule has 2 aromatic carbocycles. The fourth-order valence-electron chi connectivity index (χ4n) is 1.63. The van der Waals surface area contributed by atoms with Crippen LogP contribution in [0.2, 0.25) is 0 Å². The molecule has 2 aromatic rings. The maximum atomic E-state index is 2.22. The van der Waals surface area contributed by atoms with Crippen molar-refractivity contribution in [2.24, 2.45) is 0 Å². The number of fused-ring (bicyclic) bond motifs is 1. The average molecular weight is 150 g/mol. The molecule has 0 N–H and O–H groups in total. The SMILES string of the molecule is Cc1cc(C)c2cc[cH-]c2c1.[Li+]. The van der Waals surface area contributed by atoms with Crippen LogP contribution in [0.25, 0.3) is 10.8 Å². The summed E-state index contributed by atoms with van der Waals surface area (Å²) in [6, 6.07) is 10.9. The molecule has 0 atom stereocenters.